The van der Waals surface area contributed by atoms with Crippen LogP contribution < -0.4 is 10.5 Å². The monoisotopic (exact) mass is 464 g/mol. The Morgan fingerprint density at radius 2 is 2.00 bits per heavy atom. The van der Waals surface area contributed by atoms with Crippen molar-refractivity contribution in [3.05, 3.63) is 78.5 Å². The molecule has 11 heteroatoms. The van der Waals surface area contributed by atoms with Crippen LogP contribution >= 0.6 is 0 Å². The van der Waals surface area contributed by atoms with Crippen LogP contribution in [0.5, 0.6) is 5.75 Å². The Kier molecular flexibility index (Phi) is 5.80. The van der Waals surface area contributed by atoms with Gasteiger partial charge in [-0.2, -0.15) is 17.9 Å². The Bertz CT molecular complexity index is 1470. The van der Waals surface area contributed by atoms with Gasteiger partial charge in [0.25, 0.3) is 10.0 Å². The molecule has 0 saturated heterocycles. The van der Waals surface area contributed by atoms with Crippen LogP contribution in [0.2, 0.25) is 0 Å². The number of carbonyl (C=O) groups excluding carboxylic acids is 1. The third kappa shape index (κ3) is 4.26. The summed E-state index contributed by atoms with van der Waals surface area (Å²) < 4.78 is 33.9. The number of aromatic nitrogens is 3. The number of hydrogen-bond donors (Lipinski definition) is 1. The van der Waals surface area contributed by atoms with Crippen LogP contribution in [0.4, 0.5) is 0 Å². The number of sulfonamides is 1. The quantitative estimate of drug-likeness (QED) is 0.329. The van der Waals surface area contributed by atoms with Gasteiger partial charge in [-0.3, -0.25) is 14.2 Å². The molecular formula is C22H20N6O4S. The molecule has 0 aliphatic carbocycles. The minimum Gasteiger partial charge on any atom is -0.495 e. The van der Waals surface area contributed by atoms with Crippen LogP contribution in [0, 0.1) is 0 Å². The summed E-state index contributed by atoms with van der Waals surface area (Å²) in [5, 5.41) is 4.09. The average Bonchev–Trinajstić information content (AvgIpc) is 3.24. The van der Waals surface area contributed by atoms with Gasteiger partial charge in [-0.25, -0.2) is 4.98 Å². The van der Waals surface area contributed by atoms with E-state index in [0.717, 1.165) is 21.6 Å². The fraction of sp³-hybridized carbons (Fsp3) is 0.0909. The average molecular weight is 465 g/mol. The number of benzene rings is 1. The number of fused-ring (bicyclic) bond motifs is 1. The summed E-state index contributed by atoms with van der Waals surface area (Å²) in [4.78, 5) is 19.8. The van der Waals surface area contributed by atoms with Crippen LogP contribution in [0.15, 0.2) is 77.2 Å². The van der Waals surface area contributed by atoms with Crippen molar-refractivity contribution >= 4 is 27.8 Å². The zero-order chi connectivity index (χ0) is 23.6. The minimum absolute atomic E-state index is 0.0384. The lowest BCUT2D eigenvalue weighted by Gasteiger charge is -2.16. The molecular weight excluding hydrogens is 444 g/mol. The van der Waals surface area contributed by atoms with E-state index in [9.17, 15) is 13.2 Å². The maximum atomic E-state index is 13.1. The molecule has 3 heterocycles. The number of nitrogens with two attached hydrogens (primary N) is 1. The molecule has 0 atom stereocenters. The summed E-state index contributed by atoms with van der Waals surface area (Å²) in [6.45, 7) is 0. The Morgan fingerprint density at radius 3 is 2.70 bits per heavy atom. The summed E-state index contributed by atoms with van der Waals surface area (Å²) in [5.74, 6) is -0.687. The van der Waals surface area contributed by atoms with Crippen molar-refractivity contribution in [1.29, 1.82) is 0 Å². The van der Waals surface area contributed by atoms with E-state index >= 15 is 0 Å². The van der Waals surface area contributed by atoms with Gasteiger partial charge >= 0.3 is 0 Å². The minimum atomic E-state index is -4.13. The summed E-state index contributed by atoms with van der Waals surface area (Å²) in [6.07, 6.45) is 8.28. The third-order valence-corrected chi connectivity index (χ3v) is 6.62. The topological polar surface area (TPSA) is 132 Å². The number of hydrogen-bond acceptors (Lipinski definition) is 7. The Labute approximate surface area is 190 Å². The zero-order valence-corrected chi connectivity index (χ0v) is 18.6. The number of imidazole rings is 1. The molecule has 0 spiro atoms. The number of methoxy groups -OCH3 is 1. The number of hydrazone groups is 1. The van der Waals surface area contributed by atoms with Gasteiger partial charge in [0, 0.05) is 42.3 Å². The number of pyridine rings is 2. The molecule has 10 nitrogen and oxygen atoms in total. The highest BCUT2D eigenvalue weighted by atomic mass is 32.2. The summed E-state index contributed by atoms with van der Waals surface area (Å²) >= 11 is 0. The second-order valence-electron chi connectivity index (χ2n) is 6.98. The number of primary amides is 1. The second kappa shape index (κ2) is 8.71. The lowest BCUT2D eigenvalue weighted by Crippen LogP contribution is -2.23. The second-order valence-corrected chi connectivity index (χ2v) is 8.90. The standard InChI is InChI=1S/C22H20N6O4S/c1-27(33(30,31)20-10-15(22(23)29)5-7-19(20)32-2)26-13-18-12-25-21-8-6-17(14-28(18)21)16-4-3-9-24-11-16/h3-14H,1-2H3,(H2,23,29). The molecule has 1 aromatic carbocycles. The van der Waals surface area contributed by atoms with E-state index in [-0.39, 0.29) is 16.2 Å². The number of ether oxygens (including phenoxy) is 1. The Morgan fingerprint density at radius 1 is 1.18 bits per heavy atom. The highest BCUT2D eigenvalue weighted by Gasteiger charge is 2.25. The van der Waals surface area contributed by atoms with Gasteiger partial charge in [-0.1, -0.05) is 6.07 Å². The molecule has 0 radical (unpaired) electrons. The van der Waals surface area contributed by atoms with Crippen LogP contribution in [-0.4, -0.2) is 53.5 Å². The molecule has 168 valence electrons. The Hall–Kier alpha value is -4.25. The smallest absolute Gasteiger partial charge is 0.282 e. The van der Waals surface area contributed by atoms with Gasteiger partial charge in [-0.15, -0.1) is 0 Å². The van der Waals surface area contributed by atoms with Crippen LogP contribution in [0.3, 0.4) is 0 Å². The van der Waals surface area contributed by atoms with Gasteiger partial charge in [0.05, 0.1) is 25.2 Å². The van der Waals surface area contributed by atoms with Crippen LogP contribution in [0.1, 0.15) is 16.1 Å². The van der Waals surface area contributed by atoms with Crippen molar-refractivity contribution in [2.45, 2.75) is 4.90 Å². The van der Waals surface area contributed by atoms with Crippen molar-refractivity contribution in [3.63, 3.8) is 0 Å². The van der Waals surface area contributed by atoms with Gasteiger partial charge < -0.3 is 10.5 Å². The largest absolute Gasteiger partial charge is 0.495 e. The molecule has 0 unspecified atom stereocenters. The van der Waals surface area contributed by atoms with Crippen molar-refractivity contribution in [3.8, 4) is 16.9 Å². The van der Waals surface area contributed by atoms with Crippen molar-refractivity contribution in [2.75, 3.05) is 14.2 Å². The molecule has 2 N–H and O–H groups in total. The van der Waals surface area contributed by atoms with E-state index in [4.69, 9.17) is 10.5 Å². The lowest BCUT2D eigenvalue weighted by molar-refractivity contribution is 0.1000. The van der Waals surface area contributed by atoms with E-state index in [1.807, 2.05) is 30.5 Å². The number of carbonyl (C=O) groups is 1. The van der Waals surface area contributed by atoms with Crippen molar-refractivity contribution < 1.29 is 17.9 Å². The molecule has 4 aromatic rings. The van der Waals surface area contributed by atoms with Crippen LogP contribution in [0.25, 0.3) is 16.8 Å². The molecule has 1 amide bonds. The predicted molar refractivity (Wildman–Crippen MR) is 122 cm³/mol. The fourth-order valence-electron chi connectivity index (χ4n) is 3.18. The van der Waals surface area contributed by atoms with E-state index in [1.54, 1.807) is 23.0 Å². The molecule has 0 bridgehead atoms. The first kappa shape index (κ1) is 22.0. The zero-order valence-electron chi connectivity index (χ0n) is 17.8. The van der Waals surface area contributed by atoms with Gasteiger partial charge in [0.15, 0.2) is 0 Å². The fourth-order valence-corrected chi connectivity index (χ4v) is 4.31. The molecule has 0 aliphatic rings. The first-order valence-electron chi connectivity index (χ1n) is 9.69. The predicted octanol–water partition coefficient (Wildman–Crippen LogP) is 2.16. The lowest BCUT2D eigenvalue weighted by atomic mass is 10.1. The van der Waals surface area contributed by atoms with E-state index < -0.39 is 15.9 Å². The maximum absolute atomic E-state index is 13.1. The number of nitrogens with zero attached hydrogens (tertiary/aromatic N) is 5. The van der Waals surface area contributed by atoms with E-state index in [2.05, 4.69) is 15.1 Å². The normalized spacial score (nSPS) is 11.7. The Balaban J connectivity index is 1.68. The van der Waals surface area contributed by atoms with Crippen molar-refractivity contribution in [1.82, 2.24) is 18.8 Å². The molecule has 4 rings (SSSR count). The highest BCUT2D eigenvalue weighted by molar-refractivity contribution is 7.89. The summed E-state index contributed by atoms with van der Waals surface area (Å²) in [7, 11) is -1.51. The third-order valence-electron chi connectivity index (χ3n) is 4.96. The number of amides is 1. The van der Waals surface area contributed by atoms with E-state index in [1.165, 1.54) is 32.5 Å². The first-order chi connectivity index (χ1) is 15.8. The molecule has 33 heavy (non-hydrogen) atoms. The van der Waals surface area contributed by atoms with Gasteiger partial charge in [-0.05, 0) is 36.4 Å². The SMILES string of the molecule is COc1ccc(C(N)=O)cc1S(=O)(=O)N(C)N=Cc1cnc2ccc(-c3cccnc3)cn12. The molecule has 3 aromatic heterocycles. The van der Waals surface area contributed by atoms with Crippen molar-refractivity contribution in [2.24, 2.45) is 10.8 Å². The molecule has 0 saturated carbocycles. The highest BCUT2D eigenvalue weighted by Crippen LogP contribution is 2.27. The van der Waals surface area contributed by atoms with E-state index in [0.29, 0.717) is 11.3 Å². The van der Waals surface area contributed by atoms with Crippen LogP contribution in [-0.2, 0) is 10.0 Å². The molecule has 0 aliphatic heterocycles. The first-order valence-corrected chi connectivity index (χ1v) is 11.1. The molecule has 0 fully saturated rings. The summed E-state index contributed by atoms with van der Waals surface area (Å²) in [5.41, 5.74) is 8.41. The summed E-state index contributed by atoms with van der Waals surface area (Å²) in [6, 6.07) is 11.5. The maximum Gasteiger partial charge on any atom is 0.282 e. The van der Waals surface area contributed by atoms with Gasteiger partial charge in [0.2, 0.25) is 5.91 Å². The number of rotatable bonds is 7. The van der Waals surface area contributed by atoms with Gasteiger partial charge in [0.1, 0.15) is 16.3 Å².